The Morgan fingerprint density at radius 1 is 0.635 bits per heavy atom. The third kappa shape index (κ3) is 11.2. The molecule has 0 saturated heterocycles. The molecule has 29 heteroatoms. The Bertz CT molecular complexity index is 4090. The first-order valence-electron chi connectivity index (χ1n) is 21.6. The lowest BCUT2D eigenvalue weighted by Gasteiger charge is -2.27. The van der Waals surface area contributed by atoms with Crippen LogP contribution in [0.25, 0.3) is 27.1 Å². The van der Waals surface area contributed by atoms with Crippen LogP contribution < -0.4 is 4.90 Å². The predicted molar refractivity (Wildman–Crippen MR) is 269 cm³/mol. The van der Waals surface area contributed by atoms with Gasteiger partial charge in [-0.15, -0.1) is 0 Å². The number of aromatic nitrogens is 1. The maximum absolute atomic E-state index is 12.7. The molecular weight excluding hydrogens is 1090 g/mol. The minimum atomic E-state index is -5.14. The molecule has 7 N–H and O–H groups in total. The summed E-state index contributed by atoms with van der Waals surface area (Å²) in [4.78, 5) is 14.4. The van der Waals surface area contributed by atoms with Crippen molar-refractivity contribution in [3.63, 3.8) is 0 Å². The lowest BCUT2D eigenvalue weighted by Crippen LogP contribution is -2.28. The highest BCUT2D eigenvalue weighted by molar-refractivity contribution is 7.87. The Labute approximate surface area is 425 Å². The summed E-state index contributed by atoms with van der Waals surface area (Å²) >= 11 is 0. The van der Waals surface area contributed by atoms with Gasteiger partial charge in [-0.2, -0.15) is 55.1 Å². The van der Waals surface area contributed by atoms with Crippen LogP contribution in [0.2, 0.25) is 0 Å². The molecule has 2 aliphatic heterocycles. The second-order valence-electron chi connectivity index (χ2n) is 18.3. The number of aromatic carboxylic acids is 1. The van der Waals surface area contributed by atoms with E-state index in [2.05, 4.69) is 4.98 Å². The lowest BCUT2D eigenvalue weighted by atomic mass is 9.79. The summed E-state index contributed by atoms with van der Waals surface area (Å²) in [5.74, 6) is -2.75. The van der Waals surface area contributed by atoms with Crippen molar-refractivity contribution < 1.29 is 92.3 Å². The minimum Gasteiger partial charge on any atom is -0.478 e. The number of carbonyl (C=O) groups is 1. The summed E-state index contributed by atoms with van der Waals surface area (Å²) < 4.78 is 210. The summed E-state index contributed by atoms with van der Waals surface area (Å²) in [5.41, 5.74) is -0.740. The van der Waals surface area contributed by atoms with E-state index < -0.39 is 109 Å². The standard InChI is InChI=1S/C45H45N3O20S6/c1-44(2)39(47(17-5-19-69(51,52)53)35-13-10-30-32(41(35)44)21-28(71(57,58)59)23-37(30)73(63,64)65)15-8-26(34-12-7-27(25-46-34)43(49)50)9-16-40-45(3,4)42-33-22-29(72(60,61)62)24-38(74(66,67)68)31(33)11-14-36(42)48(40)18-6-20-70(54,55)56/h7-16,21-25H,5-6,17-20H2,1-4H3,(H6-,49,50,51,52,53,54,55,56,57,58,59,60,61,62,63,64,65,66,67,68)/p+1. The molecule has 0 atom stereocenters. The van der Waals surface area contributed by atoms with Gasteiger partial charge in [-0.3, -0.25) is 32.3 Å². The van der Waals surface area contributed by atoms with E-state index in [4.69, 9.17) is 0 Å². The maximum atomic E-state index is 12.7. The van der Waals surface area contributed by atoms with Gasteiger partial charge in [0.15, 0.2) is 5.71 Å². The van der Waals surface area contributed by atoms with Gasteiger partial charge in [0.1, 0.15) is 16.3 Å². The number of fused-ring (bicyclic) bond motifs is 6. The molecule has 4 aromatic carbocycles. The quantitative estimate of drug-likeness (QED) is 0.0351. The molecule has 0 spiro atoms. The average Bonchev–Trinajstić information content (AvgIpc) is 3.61. The van der Waals surface area contributed by atoms with Crippen molar-refractivity contribution in [3.8, 4) is 0 Å². The molecule has 1 aromatic heterocycles. The van der Waals surface area contributed by atoms with Crippen LogP contribution in [0.4, 0.5) is 11.4 Å². The molecule has 0 bridgehead atoms. The van der Waals surface area contributed by atoms with Crippen LogP contribution in [0.3, 0.4) is 0 Å². The summed E-state index contributed by atoms with van der Waals surface area (Å²) in [6, 6.07) is 11.2. The molecule has 0 radical (unpaired) electrons. The largest absolute Gasteiger partial charge is 0.478 e. The highest BCUT2D eigenvalue weighted by Crippen LogP contribution is 2.52. The van der Waals surface area contributed by atoms with Gasteiger partial charge in [-0.25, -0.2) is 4.79 Å². The number of benzene rings is 4. The summed E-state index contributed by atoms with van der Waals surface area (Å²) in [6.45, 7) is 6.33. The van der Waals surface area contributed by atoms with Crippen molar-refractivity contribution in [1.82, 2.24) is 4.98 Å². The number of hydrogen-bond donors (Lipinski definition) is 7. The van der Waals surface area contributed by atoms with Crippen LogP contribution in [0.15, 0.2) is 116 Å². The first kappa shape index (κ1) is 55.9. The molecule has 0 saturated carbocycles. The smallest absolute Gasteiger partial charge is 0.337 e. The minimum absolute atomic E-state index is 0.0538. The Morgan fingerprint density at radius 3 is 1.65 bits per heavy atom. The SMILES string of the molecule is CC1(C)C(=CC=C(C=CC2=[N+](CCCS(=O)(=O)O)c3ccc4c(S(=O)(=O)O)cc(S(=O)(=O)O)cc4c3C2(C)C)c2ccc(C(=O)O)cn2)N(CCCS(=O)(=O)O)c2ccc3c(S(=O)(=O)O)cc(S(=O)(=O)O)cc3c21. The number of rotatable bonds is 17. The van der Waals surface area contributed by atoms with Crippen molar-refractivity contribution in [2.45, 2.75) is 70.9 Å². The van der Waals surface area contributed by atoms with Crippen molar-refractivity contribution >= 4 is 111 Å². The number of anilines is 1. The van der Waals surface area contributed by atoms with Gasteiger partial charge in [-0.1, -0.05) is 26.0 Å². The molecule has 396 valence electrons. The maximum Gasteiger partial charge on any atom is 0.337 e. The van der Waals surface area contributed by atoms with E-state index >= 15 is 0 Å². The molecular formula is C45H46N3O20S6+. The zero-order valence-electron chi connectivity index (χ0n) is 39.1. The number of carboxylic acids is 1. The Morgan fingerprint density at radius 2 is 1.16 bits per heavy atom. The second kappa shape index (κ2) is 19.1. The molecule has 5 aromatic rings. The van der Waals surface area contributed by atoms with Crippen LogP contribution in [-0.2, 0) is 71.5 Å². The third-order valence-electron chi connectivity index (χ3n) is 12.7. The predicted octanol–water partition coefficient (Wildman–Crippen LogP) is 5.33. The monoisotopic (exact) mass is 1140 g/mol. The van der Waals surface area contributed by atoms with Gasteiger partial charge in [0.25, 0.3) is 60.7 Å². The van der Waals surface area contributed by atoms with Gasteiger partial charge in [0.2, 0.25) is 5.69 Å². The Balaban J connectivity index is 1.49. The topological polar surface area (TPSA) is 383 Å². The van der Waals surface area contributed by atoms with Crippen molar-refractivity contribution in [1.29, 1.82) is 0 Å². The van der Waals surface area contributed by atoms with Gasteiger partial charge in [0, 0.05) is 70.0 Å². The summed E-state index contributed by atoms with van der Waals surface area (Å²) in [7, 11) is -29.5. The first-order valence-corrected chi connectivity index (χ1v) is 30.6. The van der Waals surface area contributed by atoms with Crippen molar-refractivity contribution in [2.75, 3.05) is 29.5 Å². The molecule has 2 aliphatic rings. The van der Waals surface area contributed by atoms with E-state index in [-0.39, 0.29) is 86.8 Å². The van der Waals surface area contributed by atoms with E-state index in [0.717, 1.165) is 18.3 Å². The molecule has 0 aliphatic carbocycles. The average molecular weight is 1140 g/mol. The van der Waals surface area contributed by atoms with Gasteiger partial charge < -0.3 is 10.0 Å². The van der Waals surface area contributed by atoms with E-state index in [1.165, 1.54) is 48.6 Å². The van der Waals surface area contributed by atoms with Gasteiger partial charge in [0.05, 0.1) is 38.0 Å². The number of nitrogens with zero attached hydrogens (tertiary/aromatic N) is 3. The van der Waals surface area contributed by atoms with Gasteiger partial charge in [-0.05, 0) is 97.3 Å². The Hall–Kier alpha value is -5.83. The number of carboxylic acid groups (broad SMARTS) is 1. The summed E-state index contributed by atoms with van der Waals surface area (Å²) in [6.07, 6.45) is 6.78. The first-order chi connectivity index (χ1) is 33.8. The van der Waals surface area contributed by atoms with Crippen LogP contribution in [-0.4, -0.2) is 129 Å². The molecule has 7 rings (SSSR count). The third-order valence-corrected chi connectivity index (χ3v) is 17.7. The van der Waals surface area contributed by atoms with Crippen LogP contribution in [0.5, 0.6) is 0 Å². The van der Waals surface area contributed by atoms with E-state index in [1.807, 2.05) is 0 Å². The molecule has 3 heterocycles. The molecule has 0 amide bonds. The number of allylic oxidation sites excluding steroid dienone is 6. The molecule has 74 heavy (non-hydrogen) atoms. The Kier molecular flexibility index (Phi) is 14.4. The fourth-order valence-electron chi connectivity index (χ4n) is 9.55. The fraction of sp³-hybridized carbons (Fsp3) is 0.267. The highest BCUT2D eigenvalue weighted by atomic mass is 32.2. The van der Waals surface area contributed by atoms with E-state index in [1.54, 1.807) is 49.3 Å². The summed E-state index contributed by atoms with van der Waals surface area (Å²) in [5, 5.41) is 9.30. The lowest BCUT2D eigenvalue weighted by molar-refractivity contribution is -0.437. The zero-order valence-corrected chi connectivity index (χ0v) is 44.0. The fourth-order valence-corrected chi connectivity index (χ4v) is 13.2. The van der Waals surface area contributed by atoms with Crippen LogP contribution in [0.1, 0.15) is 67.7 Å². The number of hydrogen-bond acceptors (Lipinski definition) is 15. The van der Waals surface area contributed by atoms with Gasteiger partial charge >= 0.3 is 5.97 Å². The van der Waals surface area contributed by atoms with Crippen molar-refractivity contribution in [2.24, 2.45) is 0 Å². The van der Waals surface area contributed by atoms with Crippen molar-refractivity contribution in [3.05, 3.63) is 119 Å². The molecule has 23 nitrogen and oxygen atoms in total. The van der Waals surface area contributed by atoms with E-state index in [9.17, 15) is 87.7 Å². The zero-order chi connectivity index (χ0) is 55.1. The second-order valence-corrected chi connectivity index (χ2v) is 27.1. The van der Waals surface area contributed by atoms with E-state index in [0.29, 0.717) is 23.5 Å². The molecule has 0 unspecified atom stereocenters. The molecule has 0 fully saturated rings. The van der Waals surface area contributed by atoms with Crippen LogP contribution in [0, 0.1) is 0 Å². The number of pyridine rings is 1. The van der Waals surface area contributed by atoms with Crippen LogP contribution >= 0.6 is 0 Å². The normalized spacial score (nSPS) is 17.0. The highest BCUT2D eigenvalue weighted by Gasteiger charge is 2.47.